The lowest BCUT2D eigenvalue weighted by Crippen LogP contribution is -2.49. The zero-order valence-electron chi connectivity index (χ0n) is 20.3. The molecule has 37 heavy (non-hydrogen) atoms. The van der Waals surface area contributed by atoms with Crippen molar-refractivity contribution in [2.75, 3.05) is 25.9 Å². The number of imidazole rings is 1. The van der Waals surface area contributed by atoms with Gasteiger partial charge in [0.25, 0.3) is 0 Å². The van der Waals surface area contributed by atoms with E-state index < -0.39 is 15.9 Å². The molecule has 1 saturated heterocycles. The van der Waals surface area contributed by atoms with Crippen molar-refractivity contribution in [3.05, 3.63) is 81.1 Å². The van der Waals surface area contributed by atoms with Crippen LogP contribution >= 0.6 is 15.9 Å². The Morgan fingerprint density at radius 1 is 1.16 bits per heavy atom. The molecule has 9 nitrogen and oxygen atoms in total. The molecule has 1 aliphatic heterocycles. The van der Waals surface area contributed by atoms with Crippen LogP contribution in [0.2, 0.25) is 0 Å². The minimum atomic E-state index is -3.66. The van der Waals surface area contributed by atoms with Gasteiger partial charge in [0, 0.05) is 43.4 Å². The summed E-state index contributed by atoms with van der Waals surface area (Å²) in [4.78, 5) is 21.1. The smallest absolute Gasteiger partial charge is 0.306 e. The van der Waals surface area contributed by atoms with E-state index in [1.807, 2.05) is 22.5 Å². The molecule has 2 aromatic carbocycles. The fourth-order valence-electron chi connectivity index (χ4n) is 4.18. The summed E-state index contributed by atoms with van der Waals surface area (Å²) < 4.78 is 44.7. The lowest BCUT2D eigenvalue weighted by atomic mass is 10.1. The van der Waals surface area contributed by atoms with Gasteiger partial charge in [-0.05, 0) is 48.4 Å². The van der Waals surface area contributed by atoms with Crippen molar-refractivity contribution in [2.45, 2.75) is 26.6 Å². The number of nitrogens with zero attached hydrogens (tertiary/aromatic N) is 5. The maximum atomic E-state index is 14.1. The van der Waals surface area contributed by atoms with Gasteiger partial charge in [0.05, 0.1) is 24.1 Å². The Labute approximate surface area is 223 Å². The van der Waals surface area contributed by atoms with Crippen molar-refractivity contribution in [1.82, 2.24) is 19.4 Å². The number of hydrogen-bond acceptors (Lipinski definition) is 7. The van der Waals surface area contributed by atoms with Crippen molar-refractivity contribution in [3.63, 3.8) is 0 Å². The monoisotopic (exact) mass is 589 g/mol. The van der Waals surface area contributed by atoms with Gasteiger partial charge in [-0.2, -0.15) is 13.7 Å². The first-order valence-corrected chi connectivity index (χ1v) is 14.0. The number of rotatable bonds is 8. The molecule has 0 N–H and O–H groups in total. The second kappa shape index (κ2) is 11.0. The van der Waals surface area contributed by atoms with E-state index in [4.69, 9.17) is 9.44 Å². The van der Waals surface area contributed by atoms with Crippen molar-refractivity contribution in [2.24, 2.45) is 0 Å². The number of amides is 1. The number of benzene rings is 2. The average molecular weight is 590 g/mol. The van der Waals surface area contributed by atoms with Crippen LogP contribution in [0.4, 0.5) is 4.39 Å². The Morgan fingerprint density at radius 3 is 2.62 bits per heavy atom. The Hall–Kier alpha value is -3.27. The molecule has 4 rings (SSSR count). The third kappa shape index (κ3) is 6.74. The number of carbonyl (C=O) groups is 1. The minimum Gasteiger partial charge on any atom is -0.383 e. The second-order valence-electron chi connectivity index (χ2n) is 8.88. The molecule has 0 bridgehead atoms. The molecule has 1 aromatic heterocycles. The molecule has 0 spiro atoms. The SMILES string of the molecule is Cc1ncc(CN2CCN(Cc3cc(OS(C)(=O)=O)ccc3Br)C(=O)C2)n1Cc1ccc(C#N)c(F)c1. The second-order valence-corrected chi connectivity index (χ2v) is 11.3. The third-order valence-corrected chi connectivity index (χ3v) is 7.31. The molecule has 0 saturated carbocycles. The zero-order valence-corrected chi connectivity index (χ0v) is 22.7. The van der Waals surface area contributed by atoms with Gasteiger partial charge >= 0.3 is 10.1 Å². The lowest BCUT2D eigenvalue weighted by molar-refractivity contribution is -0.136. The number of hydrogen-bond donors (Lipinski definition) is 0. The van der Waals surface area contributed by atoms with E-state index in [-0.39, 0.29) is 23.8 Å². The summed E-state index contributed by atoms with van der Waals surface area (Å²) in [7, 11) is -3.66. The lowest BCUT2D eigenvalue weighted by Gasteiger charge is -2.34. The summed E-state index contributed by atoms with van der Waals surface area (Å²) in [6.07, 6.45) is 2.74. The van der Waals surface area contributed by atoms with Gasteiger partial charge < -0.3 is 13.7 Å². The van der Waals surface area contributed by atoms with Crippen LogP contribution in [-0.2, 0) is 34.5 Å². The topological polar surface area (TPSA) is 109 Å². The maximum absolute atomic E-state index is 14.1. The van der Waals surface area contributed by atoms with Crippen LogP contribution < -0.4 is 4.18 Å². The standard InChI is InChI=1S/C25H25BrFN5O4S/c1-17-29-12-21(32(17)13-18-3-4-19(11-28)24(27)9-18)15-30-7-8-31(25(33)16-30)14-20-10-22(5-6-23(20)26)36-37(2,34)35/h3-6,9-10,12H,7-8,13-16H2,1-2H3. The summed E-state index contributed by atoms with van der Waals surface area (Å²) in [6, 6.07) is 11.2. The molecule has 1 amide bonds. The molecule has 3 aromatic rings. The minimum absolute atomic E-state index is 0.00406. The number of halogens is 2. The first-order valence-electron chi connectivity index (χ1n) is 11.4. The predicted molar refractivity (Wildman–Crippen MR) is 137 cm³/mol. The van der Waals surface area contributed by atoms with Gasteiger partial charge in [-0.1, -0.05) is 22.0 Å². The first kappa shape index (κ1) is 26.8. The molecule has 1 aliphatic rings. The normalized spacial score (nSPS) is 14.6. The van der Waals surface area contributed by atoms with Crippen LogP contribution in [0.5, 0.6) is 5.75 Å². The van der Waals surface area contributed by atoms with Crippen LogP contribution in [0.3, 0.4) is 0 Å². The van der Waals surface area contributed by atoms with E-state index in [1.54, 1.807) is 35.4 Å². The Balaban J connectivity index is 1.41. The maximum Gasteiger partial charge on any atom is 0.306 e. The van der Waals surface area contributed by atoms with E-state index in [0.717, 1.165) is 27.8 Å². The molecule has 0 radical (unpaired) electrons. The summed E-state index contributed by atoms with van der Waals surface area (Å²) in [5.41, 5.74) is 2.36. The molecule has 0 unspecified atom stereocenters. The highest BCUT2D eigenvalue weighted by molar-refractivity contribution is 9.10. The van der Waals surface area contributed by atoms with E-state index in [2.05, 4.69) is 20.9 Å². The van der Waals surface area contributed by atoms with Gasteiger partial charge in [0.2, 0.25) is 5.91 Å². The van der Waals surface area contributed by atoms with Gasteiger partial charge in [-0.25, -0.2) is 9.37 Å². The molecule has 12 heteroatoms. The summed E-state index contributed by atoms with van der Waals surface area (Å²) in [5.74, 6) is 0.356. The average Bonchev–Trinajstić information content (AvgIpc) is 3.16. The van der Waals surface area contributed by atoms with E-state index in [1.165, 1.54) is 12.1 Å². The van der Waals surface area contributed by atoms with Crippen molar-refractivity contribution in [3.8, 4) is 11.8 Å². The molecule has 0 atom stereocenters. The highest BCUT2D eigenvalue weighted by Gasteiger charge is 2.26. The largest absolute Gasteiger partial charge is 0.383 e. The highest BCUT2D eigenvalue weighted by atomic mass is 79.9. The Morgan fingerprint density at radius 2 is 1.95 bits per heavy atom. The molecule has 0 aliphatic carbocycles. The molecule has 194 valence electrons. The van der Waals surface area contributed by atoms with Crippen LogP contribution in [0.15, 0.2) is 47.1 Å². The fraction of sp³-hybridized carbons (Fsp3) is 0.320. The van der Waals surface area contributed by atoms with Crippen LogP contribution in [0, 0.1) is 24.1 Å². The number of aromatic nitrogens is 2. The zero-order chi connectivity index (χ0) is 26.7. The molecular formula is C25H25BrFN5O4S. The van der Waals surface area contributed by atoms with Crippen molar-refractivity contribution in [1.29, 1.82) is 5.26 Å². The summed E-state index contributed by atoms with van der Waals surface area (Å²) >= 11 is 3.46. The molecular weight excluding hydrogens is 565 g/mol. The van der Waals surface area contributed by atoms with E-state index in [9.17, 15) is 17.6 Å². The van der Waals surface area contributed by atoms with Gasteiger partial charge in [0.1, 0.15) is 23.5 Å². The van der Waals surface area contributed by atoms with Crippen LogP contribution in [0.1, 0.15) is 28.2 Å². The predicted octanol–water partition coefficient (Wildman–Crippen LogP) is 3.20. The van der Waals surface area contributed by atoms with Gasteiger partial charge in [-0.15, -0.1) is 0 Å². The number of piperazine rings is 1. The number of nitriles is 1. The summed E-state index contributed by atoms with van der Waals surface area (Å²) in [5, 5.41) is 8.95. The van der Waals surface area contributed by atoms with E-state index >= 15 is 0 Å². The van der Waals surface area contributed by atoms with Crippen molar-refractivity contribution < 1.29 is 21.8 Å². The number of aryl methyl sites for hydroxylation is 1. The van der Waals surface area contributed by atoms with Crippen LogP contribution in [-0.4, -0.2) is 59.6 Å². The van der Waals surface area contributed by atoms with Crippen LogP contribution in [0.25, 0.3) is 0 Å². The molecule has 2 heterocycles. The van der Waals surface area contributed by atoms with Gasteiger partial charge in [0.15, 0.2) is 0 Å². The first-order chi connectivity index (χ1) is 17.5. The third-order valence-electron chi connectivity index (χ3n) is 6.04. The van der Waals surface area contributed by atoms with Gasteiger partial charge in [-0.3, -0.25) is 9.69 Å². The Bertz CT molecular complexity index is 1480. The number of carbonyl (C=O) groups excluding carboxylic acids is 1. The highest BCUT2D eigenvalue weighted by Crippen LogP contribution is 2.26. The molecule has 1 fully saturated rings. The van der Waals surface area contributed by atoms with E-state index in [0.29, 0.717) is 38.3 Å². The van der Waals surface area contributed by atoms with Crippen molar-refractivity contribution >= 4 is 32.0 Å². The summed E-state index contributed by atoms with van der Waals surface area (Å²) in [6.45, 7) is 4.43. The fourth-order valence-corrected chi connectivity index (χ4v) is 5.01. The quantitative estimate of drug-likeness (QED) is 0.371. The Kier molecular flexibility index (Phi) is 7.96.